The largest absolute Gasteiger partial charge is 0.344 e. The lowest BCUT2D eigenvalue weighted by atomic mass is 10.4. The molecule has 0 spiro atoms. The molecule has 2 heterocycles. The molecule has 88 valence electrons. The second-order valence-electron chi connectivity index (χ2n) is 3.52. The number of hydrogen-bond acceptors (Lipinski definition) is 5. The molecule has 2 aromatic heterocycles. The summed E-state index contributed by atoms with van der Waals surface area (Å²) in [5.74, 6) is 1.08. The summed E-state index contributed by atoms with van der Waals surface area (Å²) in [6.45, 7) is 3.86. The molecular formula is C10H12N6O. The molecule has 0 aliphatic heterocycles. The van der Waals surface area contributed by atoms with Crippen molar-refractivity contribution in [3.8, 4) is 0 Å². The molecule has 0 aliphatic carbocycles. The SMILES string of the molecule is Cc1nccc(CNC(=O)c2n[nH]c(C)n2)n1. The van der Waals surface area contributed by atoms with Gasteiger partial charge in [-0.2, -0.15) is 0 Å². The number of amides is 1. The fraction of sp³-hybridized carbons (Fsp3) is 0.300. The second kappa shape index (κ2) is 4.69. The van der Waals surface area contributed by atoms with Gasteiger partial charge in [-0.3, -0.25) is 9.89 Å². The van der Waals surface area contributed by atoms with Crippen molar-refractivity contribution in [2.45, 2.75) is 20.4 Å². The molecule has 2 rings (SSSR count). The lowest BCUT2D eigenvalue weighted by Gasteiger charge is -2.02. The summed E-state index contributed by atoms with van der Waals surface area (Å²) in [5, 5.41) is 9.06. The fourth-order valence-corrected chi connectivity index (χ4v) is 1.30. The van der Waals surface area contributed by atoms with E-state index in [4.69, 9.17) is 0 Å². The lowest BCUT2D eigenvalue weighted by Crippen LogP contribution is -2.24. The molecule has 2 N–H and O–H groups in total. The lowest BCUT2D eigenvalue weighted by molar-refractivity contribution is 0.0940. The maximum absolute atomic E-state index is 11.6. The number of aromatic nitrogens is 5. The van der Waals surface area contributed by atoms with Crippen LogP contribution in [0.25, 0.3) is 0 Å². The van der Waals surface area contributed by atoms with Crippen LogP contribution in [-0.2, 0) is 6.54 Å². The van der Waals surface area contributed by atoms with Crippen molar-refractivity contribution < 1.29 is 4.79 Å². The molecule has 0 unspecified atom stereocenters. The maximum Gasteiger partial charge on any atom is 0.291 e. The summed E-state index contributed by atoms with van der Waals surface area (Å²) < 4.78 is 0. The van der Waals surface area contributed by atoms with E-state index in [9.17, 15) is 4.79 Å². The highest BCUT2D eigenvalue weighted by Crippen LogP contribution is 1.96. The van der Waals surface area contributed by atoms with Crippen LogP contribution in [0.5, 0.6) is 0 Å². The topological polar surface area (TPSA) is 96.5 Å². The minimum atomic E-state index is -0.328. The molecule has 0 aromatic carbocycles. The van der Waals surface area contributed by atoms with E-state index < -0.39 is 0 Å². The zero-order valence-corrected chi connectivity index (χ0v) is 9.56. The number of hydrogen-bond donors (Lipinski definition) is 2. The van der Waals surface area contributed by atoms with Crippen LogP contribution < -0.4 is 5.32 Å². The number of aromatic amines is 1. The fourth-order valence-electron chi connectivity index (χ4n) is 1.30. The van der Waals surface area contributed by atoms with E-state index in [1.165, 1.54) is 0 Å². The van der Waals surface area contributed by atoms with Crippen molar-refractivity contribution >= 4 is 5.91 Å². The normalized spacial score (nSPS) is 10.2. The average Bonchev–Trinajstić information content (AvgIpc) is 2.73. The number of H-pyrrole nitrogens is 1. The monoisotopic (exact) mass is 232 g/mol. The molecule has 0 atom stereocenters. The van der Waals surface area contributed by atoms with Gasteiger partial charge in [0.2, 0.25) is 5.82 Å². The number of carbonyl (C=O) groups excluding carboxylic acids is 1. The molecule has 0 bridgehead atoms. The van der Waals surface area contributed by atoms with Gasteiger partial charge in [-0.1, -0.05) is 0 Å². The van der Waals surface area contributed by atoms with E-state index in [1.54, 1.807) is 26.1 Å². The van der Waals surface area contributed by atoms with Crippen molar-refractivity contribution in [3.05, 3.63) is 35.4 Å². The van der Waals surface area contributed by atoms with Crippen LogP contribution in [-0.4, -0.2) is 31.1 Å². The van der Waals surface area contributed by atoms with Gasteiger partial charge in [0.25, 0.3) is 5.91 Å². The zero-order chi connectivity index (χ0) is 12.3. The van der Waals surface area contributed by atoms with Crippen LogP contribution in [0.1, 0.15) is 28.0 Å². The molecule has 17 heavy (non-hydrogen) atoms. The molecule has 1 amide bonds. The molecule has 0 saturated carbocycles. The summed E-state index contributed by atoms with van der Waals surface area (Å²) in [6.07, 6.45) is 1.65. The number of carbonyl (C=O) groups is 1. The highest BCUT2D eigenvalue weighted by molar-refractivity contribution is 5.90. The Hall–Kier alpha value is -2.31. The van der Waals surface area contributed by atoms with Crippen LogP contribution in [0.15, 0.2) is 12.3 Å². The Morgan fingerprint density at radius 2 is 2.24 bits per heavy atom. The van der Waals surface area contributed by atoms with Gasteiger partial charge in [0.05, 0.1) is 12.2 Å². The molecule has 0 saturated heterocycles. The van der Waals surface area contributed by atoms with E-state index in [2.05, 4.69) is 30.5 Å². The van der Waals surface area contributed by atoms with Crippen LogP contribution in [0.2, 0.25) is 0 Å². The zero-order valence-electron chi connectivity index (χ0n) is 9.56. The van der Waals surface area contributed by atoms with Crippen molar-refractivity contribution in [1.82, 2.24) is 30.5 Å². The van der Waals surface area contributed by atoms with E-state index >= 15 is 0 Å². The summed E-state index contributed by atoms with van der Waals surface area (Å²) >= 11 is 0. The van der Waals surface area contributed by atoms with Gasteiger partial charge in [-0.25, -0.2) is 15.0 Å². The van der Waals surface area contributed by atoms with Crippen LogP contribution in [0.3, 0.4) is 0 Å². The quantitative estimate of drug-likeness (QED) is 0.784. The maximum atomic E-state index is 11.6. The Balaban J connectivity index is 1.97. The smallest absolute Gasteiger partial charge is 0.291 e. The predicted molar refractivity (Wildman–Crippen MR) is 59.1 cm³/mol. The molecule has 7 nitrogen and oxygen atoms in total. The minimum Gasteiger partial charge on any atom is -0.344 e. The Kier molecular flexibility index (Phi) is 3.08. The first-order valence-electron chi connectivity index (χ1n) is 5.11. The Bertz CT molecular complexity index is 535. The number of nitrogens with zero attached hydrogens (tertiary/aromatic N) is 4. The van der Waals surface area contributed by atoms with E-state index in [0.29, 0.717) is 18.2 Å². The molecular weight excluding hydrogens is 220 g/mol. The van der Waals surface area contributed by atoms with Crippen molar-refractivity contribution in [1.29, 1.82) is 0 Å². The first kappa shape index (κ1) is 11.2. The third-order valence-corrected chi connectivity index (χ3v) is 2.06. The van der Waals surface area contributed by atoms with Gasteiger partial charge in [-0.05, 0) is 19.9 Å². The molecule has 7 heteroatoms. The third kappa shape index (κ3) is 2.83. The van der Waals surface area contributed by atoms with Gasteiger partial charge in [0, 0.05) is 6.20 Å². The van der Waals surface area contributed by atoms with Gasteiger partial charge in [-0.15, -0.1) is 5.10 Å². The third-order valence-electron chi connectivity index (χ3n) is 2.06. The van der Waals surface area contributed by atoms with Gasteiger partial charge in [0.15, 0.2) is 0 Å². The molecule has 0 radical (unpaired) electrons. The highest BCUT2D eigenvalue weighted by Gasteiger charge is 2.10. The van der Waals surface area contributed by atoms with Crippen molar-refractivity contribution in [2.75, 3.05) is 0 Å². The predicted octanol–water partition coefficient (Wildman–Crippen LogP) is 0.142. The van der Waals surface area contributed by atoms with Crippen LogP contribution in [0.4, 0.5) is 0 Å². The number of nitrogens with one attached hydrogen (secondary N) is 2. The first-order chi connectivity index (χ1) is 8.15. The van der Waals surface area contributed by atoms with Gasteiger partial charge < -0.3 is 5.32 Å². The van der Waals surface area contributed by atoms with E-state index in [1.807, 2.05) is 0 Å². The van der Waals surface area contributed by atoms with Crippen molar-refractivity contribution in [2.24, 2.45) is 0 Å². The summed E-state index contributed by atoms with van der Waals surface area (Å²) in [7, 11) is 0. The van der Waals surface area contributed by atoms with Crippen molar-refractivity contribution in [3.63, 3.8) is 0 Å². The Labute approximate surface area is 97.7 Å². The van der Waals surface area contributed by atoms with E-state index in [0.717, 1.165) is 5.69 Å². The molecule has 0 aliphatic rings. The standard InChI is InChI=1S/C10H12N6O/c1-6-11-4-3-8(13-6)5-12-10(17)9-14-7(2)15-16-9/h3-4H,5H2,1-2H3,(H,12,17)(H,14,15,16). The number of rotatable bonds is 3. The summed E-state index contributed by atoms with van der Waals surface area (Å²) in [6, 6.07) is 1.75. The van der Waals surface area contributed by atoms with E-state index in [-0.39, 0.29) is 11.7 Å². The summed E-state index contributed by atoms with van der Waals surface area (Å²) in [4.78, 5) is 23.7. The Morgan fingerprint density at radius 1 is 1.41 bits per heavy atom. The Morgan fingerprint density at radius 3 is 2.88 bits per heavy atom. The van der Waals surface area contributed by atoms with Gasteiger partial charge >= 0.3 is 0 Å². The van der Waals surface area contributed by atoms with Crippen LogP contribution >= 0.6 is 0 Å². The minimum absolute atomic E-state index is 0.133. The van der Waals surface area contributed by atoms with Crippen LogP contribution in [0, 0.1) is 13.8 Å². The highest BCUT2D eigenvalue weighted by atomic mass is 16.2. The van der Waals surface area contributed by atoms with Gasteiger partial charge in [0.1, 0.15) is 11.6 Å². The number of aryl methyl sites for hydroxylation is 2. The molecule has 2 aromatic rings. The first-order valence-corrected chi connectivity index (χ1v) is 5.11. The average molecular weight is 232 g/mol. The molecule has 0 fully saturated rings. The summed E-state index contributed by atoms with van der Waals surface area (Å²) in [5.41, 5.74) is 0.748. The second-order valence-corrected chi connectivity index (χ2v) is 3.52.